The molecule has 0 bridgehead atoms. The third-order valence-electron chi connectivity index (χ3n) is 6.97. The molecule has 0 aliphatic carbocycles. The number of rotatable bonds is 9. The predicted molar refractivity (Wildman–Crippen MR) is 149 cm³/mol. The van der Waals surface area contributed by atoms with Crippen LogP contribution in [0.2, 0.25) is 0 Å². The van der Waals surface area contributed by atoms with Crippen molar-refractivity contribution in [1.82, 2.24) is 10.3 Å². The number of hydrogen-bond donors (Lipinski definition) is 2. The number of nitrogens with one attached hydrogen (secondary N) is 2. The molecule has 1 aliphatic rings. The SMILES string of the molecule is C=CC1Cc2cc(-c3ccc(OC)c(OC)c3)cc(C(=O)NC(Cc3c[nH]c4ccccc34)C(=O)OC)c2O1. The summed E-state index contributed by atoms with van der Waals surface area (Å²) >= 11 is 0. The van der Waals surface area contributed by atoms with Crippen LogP contribution in [0.15, 0.2) is 73.4 Å². The van der Waals surface area contributed by atoms with E-state index in [2.05, 4.69) is 16.9 Å². The normalized spacial score (nSPS) is 14.7. The molecule has 3 aromatic carbocycles. The molecule has 2 atom stereocenters. The van der Waals surface area contributed by atoms with Gasteiger partial charge in [-0.25, -0.2) is 4.79 Å². The minimum Gasteiger partial charge on any atom is -0.493 e. The largest absolute Gasteiger partial charge is 0.493 e. The molecule has 0 fully saturated rings. The first-order valence-corrected chi connectivity index (χ1v) is 12.6. The van der Waals surface area contributed by atoms with Crippen molar-refractivity contribution in [2.24, 2.45) is 0 Å². The second kappa shape index (κ2) is 10.9. The summed E-state index contributed by atoms with van der Waals surface area (Å²) in [6, 6.07) is 16.2. The van der Waals surface area contributed by atoms with Gasteiger partial charge < -0.3 is 29.2 Å². The van der Waals surface area contributed by atoms with Crippen LogP contribution in [0.5, 0.6) is 17.2 Å². The van der Waals surface area contributed by atoms with Gasteiger partial charge >= 0.3 is 5.97 Å². The lowest BCUT2D eigenvalue weighted by Gasteiger charge is -2.18. The molecule has 39 heavy (non-hydrogen) atoms. The Morgan fingerprint density at radius 3 is 2.62 bits per heavy atom. The number of carbonyl (C=O) groups excluding carboxylic acids is 2. The standard InChI is InChI=1S/C31H30N2O6/c1-5-22-13-20-12-19(18-10-11-27(36-2)28(16-18)37-3)14-24(29(20)39-22)30(34)33-26(31(35)38-4)15-21-17-32-25-9-7-6-8-23(21)25/h5-12,14,16-17,22,26,32H,1,13,15H2,2-4H3,(H,33,34). The molecule has 200 valence electrons. The Balaban J connectivity index is 1.51. The molecule has 2 heterocycles. The van der Waals surface area contributed by atoms with E-state index >= 15 is 0 Å². The highest BCUT2D eigenvalue weighted by atomic mass is 16.5. The quantitative estimate of drug-likeness (QED) is 0.239. The molecule has 2 N–H and O–H groups in total. The van der Waals surface area contributed by atoms with E-state index in [-0.39, 0.29) is 12.5 Å². The molecular formula is C31H30N2O6. The highest BCUT2D eigenvalue weighted by Gasteiger charge is 2.30. The summed E-state index contributed by atoms with van der Waals surface area (Å²) in [5, 5.41) is 3.87. The molecule has 8 nitrogen and oxygen atoms in total. The molecule has 1 aromatic heterocycles. The maximum atomic E-state index is 13.8. The Morgan fingerprint density at radius 2 is 1.87 bits per heavy atom. The number of hydrogen-bond acceptors (Lipinski definition) is 6. The zero-order valence-electron chi connectivity index (χ0n) is 22.1. The van der Waals surface area contributed by atoms with Crippen molar-refractivity contribution >= 4 is 22.8 Å². The summed E-state index contributed by atoms with van der Waals surface area (Å²) in [6.07, 6.45) is 4.15. The fraction of sp³-hybridized carbons (Fsp3) is 0.226. The van der Waals surface area contributed by atoms with Crippen LogP contribution in [0.25, 0.3) is 22.0 Å². The minimum atomic E-state index is -0.904. The van der Waals surface area contributed by atoms with Crippen LogP contribution in [0.3, 0.4) is 0 Å². The number of fused-ring (bicyclic) bond motifs is 2. The van der Waals surface area contributed by atoms with Crippen molar-refractivity contribution in [2.45, 2.75) is 25.0 Å². The summed E-state index contributed by atoms with van der Waals surface area (Å²) in [4.78, 5) is 29.7. The number of benzene rings is 3. The van der Waals surface area contributed by atoms with Gasteiger partial charge in [0.05, 0.1) is 26.9 Å². The van der Waals surface area contributed by atoms with Crippen molar-refractivity contribution in [3.8, 4) is 28.4 Å². The highest BCUT2D eigenvalue weighted by Crippen LogP contribution is 2.39. The molecule has 8 heteroatoms. The Hall–Kier alpha value is -4.72. The van der Waals surface area contributed by atoms with Crippen LogP contribution >= 0.6 is 0 Å². The van der Waals surface area contributed by atoms with Gasteiger partial charge in [0.1, 0.15) is 17.9 Å². The van der Waals surface area contributed by atoms with Crippen molar-refractivity contribution in [2.75, 3.05) is 21.3 Å². The molecule has 0 spiro atoms. The second-order valence-corrected chi connectivity index (χ2v) is 9.29. The smallest absolute Gasteiger partial charge is 0.328 e. The average Bonchev–Trinajstić information content (AvgIpc) is 3.59. The van der Waals surface area contributed by atoms with Crippen molar-refractivity contribution in [3.05, 3.63) is 90.1 Å². The number of H-pyrrole nitrogens is 1. The molecule has 5 rings (SSSR count). The molecule has 2 unspecified atom stereocenters. The van der Waals surface area contributed by atoms with Crippen molar-refractivity contribution in [3.63, 3.8) is 0 Å². The van der Waals surface area contributed by atoms with Gasteiger partial charge in [0, 0.05) is 29.9 Å². The fourth-order valence-corrected chi connectivity index (χ4v) is 4.96. The Bertz CT molecular complexity index is 1560. The van der Waals surface area contributed by atoms with Gasteiger partial charge in [-0.2, -0.15) is 0 Å². The van der Waals surface area contributed by atoms with Crippen LogP contribution < -0.4 is 19.5 Å². The lowest BCUT2D eigenvalue weighted by atomic mass is 9.96. The first kappa shape index (κ1) is 25.9. The van der Waals surface area contributed by atoms with Gasteiger partial charge in [0.15, 0.2) is 11.5 Å². The van der Waals surface area contributed by atoms with Crippen molar-refractivity contribution < 1.29 is 28.5 Å². The van der Waals surface area contributed by atoms with E-state index in [1.807, 2.05) is 54.7 Å². The summed E-state index contributed by atoms with van der Waals surface area (Å²) in [5.74, 6) is 0.692. The molecule has 4 aromatic rings. The van der Waals surface area contributed by atoms with E-state index in [9.17, 15) is 9.59 Å². The second-order valence-electron chi connectivity index (χ2n) is 9.29. The lowest BCUT2D eigenvalue weighted by molar-refractivity contribution is -0.142. The molecule has 1 aliphatic heterocycles. The molecular weight excluding hydrogens is 496 g/mol. The Kier molecular flexibility index (Phi) is 7.27. The van der Waals surface area contributed by atoms with E-state index < -0.39 is 17.9 Å². The summed E-state index contributed by atoms with van der Waals surface area (Å²) in [6.45, 7) is 3.85. The topological polar surface area (TPSA) is 98.9 Å². The monoisotopic (exact) mass is 526 g/mol. The number of esters is 1. The minimum absolute atomic E-state index is 0.255. The first-order valence-electron chi connectivity index (χ1n) is 12.6. The average molecular weight is 527 g/mol. The molecule has 0 radical (unpaired) electrons. The number of aromatic nitrogens is 1. The summed E-state index contributed by atoms with van der Waals surface area (Å²) in [5.41, 5.74) is 4.70. The Labute approximate surface area is 226 Å². The van der Waals surface area contributed by atoms with Gasteiger partial charge in [0.25, 0.3) is 5.91 Å². The van der Waals surface area contributed by atoms with Gasteiger partial charge in [-0.15, -0.1) is 0 Å². The molecule has 0 saturated heterocycles. The van der Waals surface area contributed by atoms with Crippen molar-refractivity contribution in [1.29, 1.82) is 0 Å². The van der Waals surface area contributed by atoms with Crippen LogP contribution in [0, 0.1) is 0 Å². The van der Waals surface area contributed by atoms with Gasteiger partial charge in [-0.05, 0) is 52.6 Å². The Morgan fingerprint density at radius 1 is 1.08 bits per heavy atom. The van der Waals surface area contributed by atoms with E-state index in [4.69, 9.17) is 18.9 Å². The van der Waals surface area contributed by atoms with Crippen LogP contribution in [-0.2, 0) is 22.4 Å². The highest BCUT2D eigenvalue weighted by molar-refractivity contribution is 6.01. The van der Waals surface area contributed by atoms with Gasteiger partial charge in [0.2, 0.25) is 0 Å². The van der Waals surface area contributed by atoms with E-state index in [0.717, 1.165) is 33.2 Å². The maximum absolute atomic E-state index is 13.8. The van der Waals surface area contributed by atoms with E-state index in [0.29, 0.717) is 29.2 Å². The van der Waals surface area contributed by atoms with Crippen LogP contribution in [-0.4, -0.2) is 50.3 Å². The van der Waals surface area contributed by atoms with Crippen LogP contribution in [0.1, 0.15) is 21.5 Å². The number of aromatic amines is 1. The summed E-state index contributed by atoms with van der Waals surface area (Å²) < 4.78 is 22.0. The van der Waals surface area contributed by atoms with E-state index in [1.54, 1.807) is 26.4 Å². The predicted octanol–water partition coefficient (Wildman–Crippen LogP) is 4.86. The molecule has 1 amide bonds. The zero-order valence-corrected chi connectivity index (χ0v) is 22.1. The fourth-order valence-electron chi connectivity index (χ4n) is 4.96. The van der Waals surface area contributed by atoms with E-state index in [1.165, 1.54) is 7.11 Å². The number of amides is 1. The number of ether oxygens (including phenoxy) is 4. The molecule has 0 saturated carbocycles. The van der Waals surface area contributed by atoms with Gasteiger partial charge in [-0.1, -0.05) is 36.9 Å². The summed E-state index contributed by atoms with van der Waals surface area (Å²) in [7, 11) is 4.46. The third kappa shape index (κ3) is 5.05. The van der Waals surface area contributed by atoms with Crippen LogP contribution in [0.4, 0.5) is 0 Å². The number of methoxy groups -OCH3 is 3. The third-order valence-corrected chi connectivity index (χ3v) is 6.97. The maximum Gasteiger partial charge on any atom is 0.328 e. The lowest BCUT2D eigenvalue weighted by Crippen LogP contribution is -2.43. The number of carbonyl (C=O) groups is 2. The zero-order chi connectivity index (χ0) is 27.5. The first-order chi connectivity index (χ1) is 18.9. The number of para-hydroxylation sites is 1. The van der Waals surface area contributed by atoms with Gasteiger partial charge in [-0.3, -0.25) is 4.79 Å².